The van der Waals surface area contributed by atoms with Gasteiger partial charge in [-0.15, -0.1) is 0 Å². The molecule has 0 bridgehead atoms. The molecule has 1 radical (unpaired) electrons. The van der Waals surface area contributed by atoms with Crippen LogP contribution in [0.4, 0.5) is 0 Å². The number of hydrogen-bond donors (Lipinski definition) is 0. The van der Waals surface area contributed by atoms with E-state index >= 15 is 0 Å². The summed E-state index contributed by atoms with van der Waals surface area (Å²) in [5, 5.41) is 4.43. The molecule has 1 aromatic heterocycles. The molecule has 0 fully saturated rings. The topological polar surface area (TPSA) is 17.8 Å². The Balaban J connectivity index is 2.33. The van der Waals surface area contributed by atoms with E-state index in [1.165, 1.54) is 16.6 Å². The van der Waals surface area contributed by atoms with E-state index in [0.717, 1.165) is 17.0 Å². The molecule has 3 heteroatoms. The first-order chi connectivity index (χ1) is 9.54. The zero-order valence-corrected chi connectivity index (χ0v) is 12.6. The lowest BCUT2D eigenvalue weighted by atomic mass is 9.74. The summed E-state index contributed by atoms with van der Waals surface area (Å²) in [4.78, 5) is 0. The molecule has 0 aliphatic heterocycles. The maximum absolute atomic E-state index is 4.43. The summed E-state index contributed by atoms with van der Waals surface area (Å²) in [6.45, 7) is 12.5. The molecular formula is C17H20BN2. The summed E-state index contributed by atoms with van der Waals surface area (Å²) in [5.74, 6) is 0. The van der Waals surface area contributed by atoms with Crippen LogP contribution in [0.2, 0.25) is 6.82 Å². The van der Waals surface area contributed by atoms with Gasteiger partial charge in [0.15, 0.2) is 7.28 Å². The Hall–Kier alpha value is -2.03. The van der Waals surface area contributed by atoms with Crippen molar-refractivity contribution in [3.63, 3.8) is 0 Å². The van der Waals surface area contributed by atoms with Crippen LogP contribution in [0.15, 0.2) is 43.1 Å². The lowest BCUT2D eigenvalue weighted by Crippen LogP contribution is -2.13. The largest absolute Gasteiger partial charge is 0.243 e. The summed E-state index contributed by atoms with van der Waals surface area (Å²) in [5.41, 5.74) is 6.82. The summed E-state index contributed by atoms with van der Waals surface area (Å²) < 4.78 is 1.96. The van der Waals surface area contributed by atoms with Crippen LogP contribution in [0.25, 0.3) is 11.3 Å². The van der Waals surface area contributed by atoms with Crippen molar-refractivity contribution in [2.75, 3.05) is 0 Å². The smallest absolute Gasteiger partial charge is 0.152 e. The molecule has 2 rings (SSSR count). The van der Waals surface area contributed by atoms with E-state index in [1.54, 1.807) is 0 Å². The highest BCUT2D eigenvalue weighted by molar-refractivity contribution is 6.52. The van der Waals surface area contributed by atoms with E-state index in [9.17, 15) is 0 Å². The zero-order valence-electron chi connectivity index (χ0n) is 12.6. The Labute approximate surface area is 122 Å². The second-order valence-electron chi connectivity index (χ2n) is 5.01. The molecule has 2 nitrogen and oxygen atoms in total. The predicted octanol–water partition coefficient (Wildman–Crippen LogP) is 3.45. The molecule has 1 heterocycles. The fourth-order valence-electron chi connectivity index (χ4n) is 2.39. The number of benzene rings is 1. The molecule has 1 aromatic carbocycles. The first-order valence-electron chi connectivity index (χ1n) is 6.82. The Bertz CT molecular complexity index is 665. The van der Waals surface area contributed by atoms with E-state index < -0.39 is 0 Å². The Morgan fingerprint density at radius 1 is 1.30 bits per heavy atom. The molecule has 0 saturated heterocycles. The minimum atomic E-state index is 1.01. The van der Waals surface area contributed by atoms with Gasteiger partial charge in [-0.25, -0.2) is 4.68 Å². The van der Waals surface area contributed by atoms with Crippen molar-refractivity contribution in [2.24, 2.45) is 0 Å². The van der Waals surface area contributed by atoms with Crippen LogP contribution in [0.3, 0.4) is 0 Å². The van der Waals surface area contributed by atoms with Crippen LogP contribution in [0.1, 0.15) is 23.7 Å². The van der Waals surface area contributed by atoms with Crippen LogP contribution in [0.5, 0.6) is 0 Å². The second kappa shape index (κ2) is 5.95. The first kappa shape index (κ1) is 14.4. The van der Waals surface area contributed by atoms with Gasteiger partial charge in [0.05, 0.1) is 0 Å². The maximum atomic E-state index is 4.43. The zero-order chi connectivity index (χ0) is 14.7. The molecule has 0 atom stereocenters. The first-order valence-corrected chi connectivity index (χ1v) is 6.82. The van der Waals surface area contributed by atoms with E-state index in [4.69, 9.17) is 0 Å². The number of allylic oxidation sites excluding steroid dienone is 3. The van der Waals surface area contributed by atoms with E-state index in [2.05, 4.69) is 57.9 Å². The number of hydrogen-bond acceptors (Lipinski definition) is 1. The highest BCUT2D eigenvalue weighted by Crippen LogP contribution is 2.20. The van der Waals surface area contributed by atoms with Crippen molar-refractivity contribution in [3.8, 4) is 0 Å². The number of nitrogens with zero attached hydrogens (tertiary/aromatic N) is 2. The van der Waals surface area contributed by atoms with Crippen molar-refractivity contribution in [3.05, 3.63) is 59.9 Å². The Morgan fingerprint density at radius 3 is 2.60 bits per heavy atom. The second-order valence-corrected chi connectivity index (χ2v) is 5.01. The van der Waals surface area contributed by atoms with E-state index in [-0.39, 0.29) is 0 Å². The monoisotopic (exact) mass is 263 g/mol. The molecule has 2 aromatic rings. The molecule has 101 valence electrons. The highest BCUT2D eigenvalue weighted by Gasteiger charge is 2.07. The summed E-state index contributed by atoms with van der Waals surface area (Å²) >= 11 is 0. The molecule has 0 saturated carbocycles. The lowest BCUT2D eigenvalue weighted by molar-refractivity contribution is 0.863. The maximum Gasteiger partial charge on any atom is 0.152 e. The fourth-order valence-corrected chi connectivity index (χ4v) is 2.39. The molecule has 0 amide bonds. The van der Waals surface area contributed by atoms with Gasteiger partial charge in [0.25, 0.3) is 0 Å². The third-order valence-corrected chi connectivity index (χ3v) is 3.57. The quantitative estimate of drug-likeness (QED) is 0.610. The normalized spacial score (nSPS) is 11.5. The third-order valence-electron chi connectivity index (χ3n) is 3.57. The molecule has 0 unspecified atom stereocenters. The lowest BCUT2D eigenvalue weighted by Gasteiger charge is -2.09. The van der Waals surface area contributed by atoms with Gasteiger partial charge in [0.1, 0.15) is 0 Å². The van der Waals surface area contributed by atoms with Crippen LogP contribution < -0.4 is 5.46 Å². The van der Waals surface area contributed by atoms with Crippen molar-refractivity contribution < 1.29 is 0 Å². The van der Waals surface area contributed by atoms with Crippen molar-refractivity contribution >= 4 is 24.0 Å². The molecule has 20 heavy (non-hydrogen) atoms. The predicted molar refractivity (Wildman–Crippen MR) is 88.4 cm³/mol. The highest BCUT2D eigenvalue weighted by atomic mass is 15.3. The van der Waals surface area contributed by atoms with Crippen molar-refractivity contribution in [1.29, 1.82) is 0 Å². The standard InChI is InChI=1S/C17H20BN2/c1-12-8-6-7-9-16(12)13(2)10-14(3)20-15(4)17(18-5)11-19-20/h6-11H,2H2,1,3-5H3/b14-10-. The molecule has 0 N–H and O–H groups in total. The van der Waals surface area contributed by atoms with Gasteiger partial charge in [0, 0.05) is 17.6 Å². The van der Waals surface area contributed by atoms with E-state index in [1.807, 2.05) is 29.8 Å². The van der Waals surface area contributed by atoms with Crippen LogP contribution in [-0.4, -0.2) is 17.1 Å². The molecular weight excluding hydrogens is 243 g/mol. The van der Waals surface area contributed by atoms with Crippen molar-refractivity contribution in [1.82, 2.24) is 9.78 Å². The average molecular weight is 263 g/mol. The van der Waals surface area contributed by atoms with Gasteiger partial charge >= 0.3 is 0 Å². The Morgan fingerprint density at radius 2 is 2.00 bits per heavy atom. The number of aryl methyl sites for hydroxylation is 1. The number of aromatic nitrogens is 2. The van der Waals surface area contributed by atoms with E-state index in [0.29, 0.717) is 0 Å². The summed E-state index contributed by atoms with van der Waals surface area (Å²) in [7, 11) is 2.07. The third kappa shape index (κ3) is 2.77. The minimum Gasteiger partial charge on any atom is -0.243 e. The van der Waals surface area contributed by atoms with Crippen molar-refractivity contribution in [2.45, 2.75) is 27.6 Å². The van der Waals surface area contributed by atoms with Crippen LogP contribution in [0, 0.1) is 13.8 Å². The molecule has 0 aliphatic rings. The van der Waals surface area contributed by atoms with Crippen LogP contribution >= 0.6 is 0 Å². The minimum absolute atomic E-state index is 1.01. The SMILES string of the molecule is C=C(/C=C(/C)n1ncc([B]C)c1C)c1ccccc1C. The Kier molecular flexibility index (Phi) is 4.28. The number of rotatable bonds is 4. The summed E-state index contributed by atoms with van der Waals surface area (Å²) in [6.07, 6.45) is 3.98. The molecule has 0 aliphatic carbocycles. The average Bonchev–Trinajstić information content (AvgIpc) is 2.80. The van der Waals surface area contributed by atoms with Gasteiger partial charge in [-0.2, -0.15) is 5.10 Å². The van der Waals surface area contributed by atoms with Gasteiger partial charge in [-0.3, -0.25) is 0 Å². The van der Waals surface area contributed by atoms with Gasteiger partial charge in [-0.1, -0.05) is 37.7 Å². The van der Waals surface area contributed by atoms with Crippen LogP contribution in [-0.2, 0) is 0 Å². The van der Waals surface area contributed by atoms with Gasteiger partial charge in [0.2, 0.25) is 0 Å². The fraction of sp³-hybridized carbons (Fsp3) is 0.235. The van der Waals surface area contributed by atoms with Gasteiger partial charge in [-0.05, 0) is 49.0 Å². The molecule has 0 spiro atoms. The van der Waals surface area contributed by atoms with Gasteiger partial charge < -0.3 is 0 Å². The summed E-state index contributed by atoms with van der Waals surface area (Å²) in [6, 6.07) is 8.29.